The molecule has 0 aromatic rings. The maximum absolute atomic E-state index is 2.45. The lowest BCUT2D eigenvalue weighted by atomic mass is 9.90. The predicted octanol–water partition coefficient (Wildman–Crippen LogP) is 5.05. The van der Waals surface area contributed by atoms with Gasteiger partial charge in [0.1, 0.15) is 0 Å². The minimum absolute atomic E-state index is 0.762. The van der Waals surface area contributed by atoms with E-state index < -0.39 is 0 Å². The summed E-state index contributed by atoms with van der Waals surface area (Å²) in [7, 11) is 0. The lowest BCUT2D eigenvalue weighted by Gasteiger charge is -2.16. The number of allylic oxidation sites excluding steroid dienone is 2. The molecule has 0 heteroatoms. The molecule has 0 aliphatic heterocycles. The zero-order chi connectivity index (χ0) is 11.0. The Kier molecular flexibility index (Phi) is 7.93. The monoisotopic (exact) mass is 196 g/mol. The highest BCUT2D eigenvalue weighted by Gasteiger charge is 2.08. The summed E-state index contributed by atoms with van der Waals surface area (Å²) in [5.41, 5.74) is 0. The van der Waals surface area contributed by atoms with Crippen LogP contribution < -0.4 is 0 Å². The van der Waals surface area contributed by atoms with Gasteiger partial charge in [-0.3, -0.25) is 0 Å². The molecule has 0 amide bonds. The summed E-state index contributed by atoms with van der Waals surface area (Å²) in [5, 5.41) is 0. The number of rotatable bonds is 7. The first-order valence-corrected chi connectivity index (χ1v) is 6.30. The first kappa shape index (κ1) is 13.7. The van der Waals surface area contributed by atoms with Crippen molar-refractivity contribution in [3.63, 3.8) is 0 Å². The minimum atomic E-state index is 0.762. The van der Waals surface area contributed by atoms with Gasteiger partial charge in [0.25, 0.3) is 0 Å². The minimum Gasteiger partial charge on any atom is -0.0854 e. The van der Waals surface area contributed by atoms with Crippen LogP contribution in [0.3, 0.4) is 0 Å². The predicted molar refractivity (Wildman–Crippen MR) is 66.4 cm³/mol. The van der Waals surface area contributed by atoms with Crippen molar-refractivity contribution >= 4 is 0 Å². The van der Waals surface area contributed by atoms with Gasteiger partial charge >= 0.3 is 0 Å². The molecule has 0 rings (SSSR count). The first-order chi connectivity index (χ1) is 6.61. The Morgan fingerprint density at radius 3 is 1.86 bits per heavy atom. The molecular weight excluding hydrogens is 168 g/mol. The van der Waals surface area contributed by atoms with Crippen molar-refractivity contribution in [2.45, 2.75) is 60.3 Å². The average molecular weight is 196 g/mol. The van der Waals surface area contributed by atoms with E-state index in [0.717, 1.165) is 17.8 Å². The van der Waals surface area contributed by atoms with Gasteiger partial charge in [0.05, 0.1) is 0 Å². The third kappa shape index (κ3) is 6.23. The van der Waals surface area contributed by atoms with Gasteiger partial charge in [-0.25, -0.2) is 0 Å². The molecule has 0 bridgehead atoms. The van der Waals surface area contributed by atoms with Crippen LogP contribution in [-0.2, 0) is 0 Å². The first-order valence-electron chi connectivity index (χ1n) is 6.30. The maximum Gasteiger partial charge on any atom is -0.0210 e. The largest absolute Gasteiger partial charge is 0.0854 e. The molecule has 14 heavy (non-hydrogen) atoms. The van der Waals surface area contributed by atoms with E-state index in [4.69, 9.17) is 0 Å². The van der Waals surface area contributed by atoms with Crippen LogP contribution in [0.4, 0.5) is 0 Å². The zero-order valence-corrected chi connectivity index (χ0v) is 10.7. The molecule has 0 heterocycles. The van der Waals surface area contributed by atoms with Crippen molar-refractivity contribution < 1.29 is 0 Å². The van der Waals surface area contributed by atoms with Crippen molar-refractivity contribution in [1.82, 2.24) is 0 Å². The van der Waals surface area contributed by atoms with Gasteiger partial charge in [0, 0.05) is 0 Å². The van der Waals surface area contributed by atoms with Crippen LogP contribution in [0.25, 0.3) is 0 Å². The summed E-state index contributed by atoms with van der Waals surface area (Å²) in [6.45, 7) is 11.5. The summed E-state index contributed by atoms with van der Waals surface area (Å²) in [6, 6.07) is 0. The molecule has 2 atom stereocenters. The van der Waals surface area contributed by atoms with Gasteiger partial charge in [0.15, 0.2) is 0 Å². The normalized spacial score (nSPS) is 16.4. The van der Waals surface area contributed by atoms with Crippen LogP contribution in [0.2, 0.25) is 0 Å². The van der Waals surface area contributed by atoms with Crippen molar-refractivity contribution in [1.29, 1.82) is 0 Å². The van der Waals surface area contributed by atoms with Crippen LogP contribution in [0.5, 0.6) is 0 Å². The fraction of sp³-hybridized carbons (Fsp3) is 0.857. The van der Waals surface area contributed by atoms with Crippen molar-refractivity contribution in [2.75, 3.05) is 0 Å². The fourth-order valence-electron chi connectivity index (χ4n) is 1.87. The second kappa shape index (κ2) is 8.08. The quantitative estimate of drug-likeness (QED) is 0.500. The molecule has 0 radical (unpaired) electrons. The molecule has 2 unspecified atom stereocenters. The molecule has 0 saturated heterocycles. The Labute approximate surface area is 90.8 Å². The van der Waals surface area contributed by atoms with Gasteiger partial charge in [-0.2, -0.15) is 0 Å². The van der Waals surface area contributed by atoms with E-state index in [1.165, 1.54) is 25.7 Å². The lowest BCUT2D eigenvalue weighted by molar-refractivity contribution is 0.429. The van der Waals surface area contributed by atoms with Crippen LogP contribution in [0.1, 0.15) is 60.3 Å². The third-order valence-corrected chi connectivity index (χ3v) is 2.91. The Morgan fingerprint density at radius 2 is 1.43 bits per heavy atom. The van der Waals surface area contributed by atoms with Crippen molar-refractivity contribution in [3.8, 4) is 0 Å². The molecule has 0 nitrogen and oxygen atoms in total. The fourth-order valence-corrected chi connectivity index (χ4v) is 1.87. The highest BCUT2D eigenvalue weighted by Crippen LogP contribution is 2.20. The SMILES string of the molecule is CCCC(C)C=CC(CCC)C(C)C. The smallest absolute Gasteiger partial charge is 0.0210 e. The topological polar surface area (TPSA) is 0 Å². The molecule has 0 aliphatic rings. The summed E-state index contributed by atoms with van der Waals surface area (Å²) >= 11 is 0. The average Bonchev–Trinajstić information content (AvgIpc) is 2.12. The van der Waals surface area contributed by atoms with E-state index in [1.807, 2.05) is 0 Å². The van der Waals surface area contributed by atoms with Crippen LogP contribution in [-0.4, -0.2) is 0 Å². The van der Waals surface area contributed by atoms with E-state index in [1.54, 1.807) is 0 Å². The lowest BCUT2D eigenvalue weighted by Crippen LogP contribution is -2.05. The third-order valence-electron chi connectivity index (χ3n) is 2.91. The molecule has 0 spiro atoms. The van der Waals surface area contributed by atoms with E-state index in [9.17, 15) is 0 Å². The van der Waals surface area contributed by atoms with Gasteiger partial charge in [-0.05, 0) is 30.6 Å². The Hall–Kier alpha value is -0.260. The number of hydrogen-bond acceptors (Lipinski definition) is 0. The molecule has 0 fully saturated rings. The molecule has 0 aliphatic carbocycles. The van der Waals surface area contributed by atoms with E-state index in [-0.39, 0.29) is 0 Å². The molecule has 0 N–H and O–H groups in total. The maximum atomic E-state index is 2.45. The summed E-state index contributed by atoms with van der Waals surface area (Å²) in [5.74, 6) is 2.34. The molecule has 0 aromatic carbocycles. The van der Waals surface area contributed by atoms with Crippen LogP contribution in [0, 0.1) is 17.8 Å². The van der Waals surface area contributed by atoms with Crippen molar-refractivity contribution in [3.05, 3.63) is 12.2 Å². The summed E-state index contributed by atoms with van der Waals surface area (Å²) in [4.78, 5) is 0. The second-order valence-corrected chi connectivity index (χ2v) is 4.85. The number of hydrogen-bond donors (Lipinski definition) is 0. The second-order valence-electron chi connectivity index (χ2n) is 4.85. The summed E-state index contributed by atoms with van der Waals surface area (Å²) in [6.07, 6.45) is 10.1. The van der Waals surface area contributed by atoms with E-state index >= 15 is 0 Å². The highest BCUT2D eigenvalue weighted by atomic mass is 14.1. The van der Waals surface area contributed by atoms with E-state index in [0.29, 0.717) is 0 Å². The van der Waals surface area contributed by atoms with Gasteiger partial charge in [0.2, 0.25) is 0 Å². The van der Waals surface area contributed by atoms with Crippen LogP contribution >= 0.6 is 0 Å². The summed E-state index contributed by atoms with van der Waals surface area (Å²) < 4.78 is 0. The Morgan fingerprint density at radius 1 is 0.857 bits per heavy atom. The van der Waals surface area contributed by atoms with Gasteiger partial charge in [-0.1, -0.05) is 59.6 Å². The molecular formula is C14H28. The molecule has 84 valence electrons. The van der Waals surface area contributed by atoms with Gasteiger partial charge < -0.3 is 0 Å². The molecule has 0 aromatic heterocycles. The van der Waals surface area contributed by atoms with Crippen LogP contribution in [0.15, 0.2) is 12.2 Å². The highest BCUT2D eigenvalue weighted by molar-refractivity contribution is 4.92. The van der Waals surface area contributed by atoms with Crippen molar-refractivity contribution in [2.24, 2.45) is 17.8 Å². The Bertz CT molecular complexity index is 144. The van der Waals surface area contributed by atoms with Gasteiger partial charge in [-0.15, -0.1) is 0 Å². The van der Waals surface area contributed by atoms with E-state index in [2.05, 4.69) is 46.8 Å². The zero-order valence-electron chi connectivity index (χ0n) is 10.7. The Balaban J connectivity index is 4.00. The molecule has 0 saturated carbocycles. The standard InChI is InChI=1S/C14H28/c1-6-8-13(5)10-11-14(9-7-2)12(3)4/h10-14H,6-9H2,1-5H3.